The second kappa shape index (κ2) is 6.52. The molecule has 1 unspecified atom stereocenters. The van der Waals surface area contributed by atoms with Gasteiger partial charge in [0.15, 0.2) is 0 Å². The van der Waals surface area contributed by atoms with Crippen molar-refractivity contribution in [3.63, 3.8) is 0 Å². The number of nitrogens with one attached hydrogen (secondary N) is 1. The Morgan fingerprint density at radius 1 is 1.26 bits per heavy atom. The molecule has 0 saturated carbocycles. The van der Waals surface area contributed by atoms with Gasteiger partial charge in [0.25, 0.3) is 0 Å². The molecule has 1 amide bonds. The first kappa shape index (κ1) is 16.3. The van der Waals surface area contributed by atoms with Crippen molar-refractivity contribution in [3.05, 3.63) is 35.4 Å². The molecule has 1 saturated heterocycles. The number of ether oxygens (including phenoxy) is 1. The van der Waals surface area contributed by atoms with E-state index in [1.807, 2.05) is 20.8 Å². The zero-order valence-corrected chi connectivity index (χ0v) is 14.5. The number of hydrogen-bond acceptors (Lipinski definition) is 3. The van der Waals surface area contributed by atoms with Crippen molar-refractivity contribution >= 4 is 6.09 Å². The Balaban J connectivity index is 1.59. The van der Waals surface area contributed by atoms with Gasteiger partial charge in [-0.2, -0.15) is 0 Å². The van der Waals surface area contributed by atoms with Crippen LogP contribution in [0.5, 0.6) is 0 Å². The van der Waals surface area contributed by atoms with Crippen molar-refractivity contribution in [1.29, 1.82) is 0 Å². The van der Waals surface area contributed by atoms with Gasteiger partial charge < -0.3 is 10.1 Å². The number of rotatable bonds is 2. The molecule has 0 aromatic heterocycles. The number of fused-ring (bicyclic) bond motifs is 1. The second-order valence-corrected chi connectivity index (χ2v) is 7.73. The summed E-state index contributed by atoms with van der Waals surface area (Å²) in [7, 11) is 0. The highest BCUT2D eigenvalue weighted by molar-refractivity contribution is 5.68. The topological polar surface area (TPSA) is 41.6 Å². The van der Waals surface area contributed by atoms with Gasteiger partial charge in [-0.1, -0.05) is 24.3 Å². The third-order valence-corrected chi connectivity index (χ3v) is 4.72. The van der Waals surface area contributed by atoms with E-state index in [9.17, 15) is 4.79 Å². The summed E-state index contributed by atoms with van der Waals surface area (Å²) >= 11 is 0. The molecule has 1 aromatic rings. The molecule has 4 nitrogen and oxygen atoms in total. The normalized spacial score (nSPS) is 25.0. The molecule has 1 aliphatic heterocycles. The summed E-state index contributed by atoms with van der Waals surface area (Å²) in [6, 6.07) is 9.51. The lowest BCUT2D eigenvalue weighted by atomic mass is 9.87. The summed E-state index contributed by atoms with van der Waals surface area (Å²) in [4.78, 5) is 14.5. The smallest absolute Gasteiger partial charge is 0.407 e. The van der Waals surface area contributed by atoms with Crippen molar-refractivity contribution in [2.75, 3.05) is 13.1 Å². The van der Waals surface area contributed by atoms with Crippen LogP contribution in [-0.4, -0.2) is 35.7 Å². The van der Waals surface area contributed by atoms with Crippen LogP contribution in [0.15, 0.2) is 24.3 Å². The first-order valence-corrected chi connectivity index (χ1v) is 8.74. The van der Waals surface area contributed by atoms with Crippen molar-refractivity contribution in [1.82, 2.24) is 10.2 Å². The maximum atomic E-state index is 11.9. The Bertz CT molecular complexity index is 565. The lowest BCUT2D eigenvalue weighted by molar-refractivity contribution is 0.0504. The van der Waals surface area contributed by atoms with Crippen LogP contribution in [0.4, 0.5) is 4.79 Å². The van der Waals surface area contributed by atoms with E-state index in [0.29, 0.717) is 6.04 Å². The fraction of sp³-hybridized carbons (Fsp3) is 0.632. The summed E-state index contributed by atoms with van der Waals surface area (Å²) in [6.07, 6.45) is 4.37. The van der Waals surface area contributed by atoms with Crippen molar-refractivity contribution < 1.29 is 9.53 Å². The van der Waals surface area contributed by atoms with E-state index in [4.69, 9.17) is 4.74 Å². The number of hydrogen-bond donors (Lipinski definition) is 1. The van der Waals surface area contributed by atoms with E-state index >= 15 is 0 Å². The second-order valence-electron chi connectivity index (χ2n) is 7.73. The first-order valence-electron chi connectivity index (χ1n) is 8.74. The lowest BCUT2D eigenvalue weighted by Crippen LogP contribution is -2.41. The number of alkyl carbamates (subject to hydrolysis) is 1. The van der Waals surface area contributed by atoms with Crippen LogP contribution in [0.3, 0.4) is 0 Å². The third kappa shape index (κ3) is 4.05. The molecule has 3 rings (SSSR count). The van der Waals surface area contributed by atoms with Gasteiger partial charge in [-0.15, -0.1) is 0 Å². The van der Waals surface area contributed by atoms with Gasteiger partial charge in [-0.25, -0.2) is 4.79 Å². The molecular formula is C19H28N2O2. The minimum atomic E-state index is -0.440. The van der Waals surface area contributed by atoms with Crippen LogP contribution < -0.4 is 5.32 Å². The van der Waals surface area contributed by atoms with Gasteiger partial charge in [-0.05, 0) is 57.6 Å². The minimum absolute atomic E-state index is 0.193. The standard InChI is InChI=1S/C19H28N2O2/c1-19(2,3)23-18(22)20-15-11-12-21(13-15)17-10-6-8-14-7-4-5-9-16(14)17/h4-5,7,9,15,17H,6,8,10-13H2,1-3H3,(H,20,22)/t15-,17?/m0/s1. The van der Waals surface area contributed by atoms with Gasteiger partial charge in [0.1, 0.15) is 5.60 Å². The highest BCUT2D eigenvalue weighted by atomic mass is 16.6. The van der Waals surface area contributed by atoms with Crippen molar-refractivity contribution in [3.8, 4) is 0 Å². The molecule has 1 aromatic carbocycles. The summed E-state index contributed by atoms with van der Waals surface area (Å²) in [6.45, 7) is 7.64. The molecule has 2 atom stereocenters. The van der Waals surface area contributed by atoms with Gasteiger partial charge in [0, 0.05) is 25.2 Å². The van der Waals surface area contributed by atoms with Crippen LogP contribution >= 0.6 is 0 Å². The summed E-state index contributed by atoms with van der Waals surface area (Å²) < 4.78 is 5.37. The minimum Gasteiger partial charge on any atom is -0.444 e. The van der Waals surface area contributed by atoms with E-state index in [1.165, 1.54) is 30.4 Å². The maximum Gasteiger partial charge on any atom is 0.407 e. The lowest BCUT2D eigenvalue weighted by Gasteiger charge is -2.33. The number of aryl methyl sites for hydroxylation is 1. The fourth-order valence-electron chi connectivity index (χ4n) is 3.77. The molecule has 1 aliphatic carbocycles. The molecule has 4 heteroatoms. The van der Waals surface area contributed by atoms with Gasteiger partial charge >= 0.3 is 6.09 Å². The van der Waals surface area contributed by atoms with Crippen LogP contribution in [0, 0.1) is 0 Å². The predicted molar refractivity (Wildman–Crippen MR) is 91.5 cm³/mol. The molecule has 23 heavy (non-hydrogen) atoms. The first-order chi connectivity index (χ1) is 10.9. The summed E-state index contributed by atoms with van der Waals surface area (Å²) in [5.74, 6) is 0. The van der Waals surface area contributed by atoms with E-state index in [-0.39, 0.29) is 12.1 Å². The molecule has 1 N–H and O–H groups in total. The number of benzene rings is 1. The summed E-state index contributed by atoms with van der Waals surface area (Å²) in [5, 5.41) is 3.03. The number of likely N-dealkylation sites (tertiary alicyclic amines) is 1. The van der Waals surface area contributed by atoms with Gasteiger partial charge in [0.05, 0.1) is 0 Å². The van der Waals surface area contributed by atoms with Crippen molar-refractivity contribution in [2.45, 2.75) is 64.1 Å². The molecule has 0 radical (unpaired) electrons. The highest BCUT2D eigenvalue weighted by Crippen LogP contribution is 2.35. The van der Waals surface area contributed by atoms with E-state index in [2.05, 4.69) is 34.5 Å². The summed E-state index contributed by atoms with van der Waals surface area (Å²) in [5.41, 5.74) is 2.54. The zero-order valence-electron chi connectivity index (χ0n) is 14.5. The number of amides is 1. The molecule has 0 spiro atoms. The maximum absolute atomic E-state index is 11.9. The fourth-order valence-corrected chi connectivity index (χ4v) is 3.77. The van der Waals surface area contributed by atoms with Crippen molar-refractivity contribution in [2.24, 2.45) is 0 Å². The monoisotopic (exact) mass is 316 g/mol. The molecule has 1 heterocycles. The zero-order chi connectivity index (χ0) is 16.4. The van der Waals surface area contributed by atoms with Gasteiger partial charge in [0.2, 0.25) is 0 Å². The van der Waals surface area contributed by atoms with Crippen LogP contribution in [0.25, 0.3) is 0 Å². The van der Waals surface area contributed by atoms with Crippen LogP contribution in [0.1, 0.15) is 57.2 Å². The Hall–Kier alpha value is -1.55. The SMILES string of the molecule is CC(C)(C)OC(=O)N[C@H]1CCN(C2CCCc3ccccc32)C1. The molecule has 1 fully saturated rings. The Morgan fingerprint density at radius 3 is 2.83 bits per heavy atom. The number of nitrogens with zero attached hydrogens (tertiary/aromatic N) is 1. The quantitative estimate of drug-likeness (QED) is 0.905. The highest BCUT2D eigenvalue weighted by Gasteiger charge is 2.32. The molecule has 2 aliphatic rings. The Labute approximate surface area is 139 Å². The average Bonchev–Trinajstić information content (AvgIpc) is 2.92. The van der Waals surface area contributed by atoms with E-state index in [0.717, 1.165) is 19.5 Å². The van der Waals surface area contributed by atoms with E-state index in [1.54, 1.807) is 0 Å². The molecule has 0 bridgehead atoms. The number of carbonyl (C=O) groups excluding carboxylic acids is 1. The van der Waals surface area contributed by atoms with E-state index < -0.39 is 5.60 Å². The predicted octanol–water partition coefficient (Wildman–Crippen LogP) is 3.66. The Kier molecular flexibility index (Phi) is 4.62. The largest absolute Gasteiger partial charge is 0.444 e. The Morgan fingerprint density at radius 2 is 2.04 bits per heavy atom. The number of carbonyl (C=O) groups is 1. The van der Waals surface area contributed by atoms with Gasteiger partial charge in [-0.3, -0.25) is 4.90 Å². The molecule has 126 valence electrons. The molecular weight excluding hydrogens is 288 g/mol. The third-order valence-electron chi connectivity index (χ3n) is 4.72. The average molecular weight is 316 g/mol. The van der Waals surface area contributed by atoms with Crippen LogP contribution in [0.2, 0.25) is 0 Å². The van der Waals surface area contributed by atoms with Crippen LogP contribution in [-0.2, 0) is 11.2 Å².